The van der Waals surface area contributed by atoms with E-state index in [4.69, 9.17) is 22.0 Å². The third-order valence-electron chi connectivity index (χ3n) is 6.95. The summed E-state index contributed by atoms with van der Waals surface area (Å²) in [7, 11) is 0. The van der Waals surface area contributed by atoms with Crippen LogP contribution >= 0.6 is 11.6 Å². The van der Waals surface area contributed by atoms with Crippen molar-refractivity contribution in [3.05, 3.63) is 136 Å². The Morgan fingerprint density at radius 1 is 0.935 bits per heavy atom. The normalized spacial score (nSPS) is 11.0. The number of nitrogens with zero attached hydrogens (tertiary/aromatic N) is 2. The van der Waals surface area contributed by atoms with Crippen molar-refractivity contribution in [3.8, 4) is 17.2 Å². The van der Waals surface area contributed by atoms with Crippen molar-refractivity contribution in [2.75, 3.05) is 6.54 Å². The van der Waals surface area contributed by atoms with Gasteiger partial charge in [0.1, 0.15) is 23.7 Å². The summed E-state index contributed by atoms with van der Waals surface area (Å²) in [6, 6.07) is 25.6. The first kappa shape index (κ1) is 33.2. The first-order valence-corrected chi connectivity index (χ1v) is 14.3. The SMILES string of the molecule is C[C@H](NC(=O)c1cc(F)c(C(=O)NCC(=O)O)c(F)c1)c1ccccc1.Cc1ccc(-c2ccc(C#N)cc2Cl)c2ncccc12. The lowest BCUT2D eigenvalue weighted by Gasteiger charge is -2.15. The number of halogens is 3. The molecule has 3 N–H and O–H groups in total. The molecule has 1 aromatic heterocycles. The lowest BCUT2D eigenvalue weighted by Crippen LogP contribution is -2.31. The van der Waals surface area contributed by atoms with Crippen LogP contribution in [0.2, 0.25) is 5.02 Å². The molecule has 0 aliphatic rings. The summed E-state index contributed by atoms with van der Waals surface area (Å²) in [5, 5.41) is 23.6. The summed E-state index contributed by atoms with van der Waals surface area (Å²) in [4.78, 5) is 38.8. The number of aryl methyl sites for hydroxylation is 1. The standard InChI is InChI=1S/C18H16F2N2O4.C17H11ClN2/c1-10(11-5-3-2-4-6-11)22-17(25)12-7-13(19)16(14(20)8-12)18(26)21-9-15(23)24;1-11-4-6-15(17-13(11)3-2-8-20-17)14-7-5-12(10-19)9-16(14)18/h2-8,10H,9H2,1H3,(H,21,26)(H,22,25)(H,23,24);2-9H,1H3/t10-;/m0./s1. The van der Waals surface area contributed by atoms with Gasteiger partial charge in [-0.2, -0.15) is 5.26 Å². The molecule has 0 spiro atoms. The van der Waals surface area contributed by atoms with Gasteiger partial charge in [0.25, 0.3) is 11.8 Å². The molecule has 0 bridgehead atoms. The second-order valence-electron chi connectivity index (χ2n) is 10.1. The summed E-state index contributed by atoms with van der Waals surface area (Å²) in [6.07, 6.45) is 1.78. The number of aliphatic carboxylic acids is 1. The van der Waals surface area contributed by atoms with E-state index in [1.54, 1.807) is 49.5 Å². The second-order valence-corrected chi connectivity index (χ2v) is 10.5. The number of hydrogen-bond donors (Lipinski definition) is 3. The molecule has 0 saturated carbocycles. The maximum absolute atomic E-state index is 14.1. The predicted molar refractivity (Wildman–Crippen MR) is 170 cm³/mol. The van der Waals surface area contributed by atoms with Crippen molar-refractivity contribution in [2.45, 2.75) is 19.9 Å². The molecule has 11 heteroatoms. The number of carbonyl (C=O) groups excluding carboxylic acids is 2. The van der Waals surface area contributed by atoms with E-state index in [0.29, 0.717) is 10.6 Å². The highest BCUT2D eigenvalue weighted by atomic mass is 35.5. The molecule has 0 fully saturated rings. The monoisotopic (exact) mass is 640 g/mol. The molecular formula is C35H27ClF2N4O4. The van der Waals surface area contributed by atoms with Crippen LogP contribution in [0.3, 0.4) is 0 Å². The highest BCUT2D eigenvalue weighted by molar-refractivity contribution is 6.33. The van der Waals surface area contributed by atoms with E-state index in [1.165, 1.54) is 5.56 Å². The zero-order valence-corrected chi connectivity index (χ0v) is 25.4. The number of benzene rings is 4. The zero-order valence-electron chi connectivity index (χ0n) is 24.6. The quantitative estimate of drug-likeness (QED) is 0.175. The van der Waals surface area contributed by atoms with Crippen LogP contribution in [0.15, 0.2) is 91.1 Å². The number of amides is 2. The number of nitrogens with one attached hydrogen (secondary N) is 2. The Morgan fingerprint density at radius 2 is 1.61 bits per heavy atom. The van der Waals surface area contributed by atoms with Crippen molar-refractivity contribution in [3.63, 3.8) is 0 Å². The van der Waals surface area contributed by atoms with Crippen LogP contribution in [0.4, 0.5) is 8.78 Å². The number of carboxylic acids is 1. The summed E-state index contributed by atoms with van der Waals surface area (Å²) in [5.74, 6) is -5.80. The Morgan fingerprint density at radius 3 is 2.24 bits per heavy atom. The van der Waals surface area contributed by atoms with E-state index in [0.717, 1.165) is 39.7 Å². The maximum atomic E-state index is 14.1. The number of nitriles is 1. The minimum absolute atomic E-state index is 0.294. The Kier molecular flexibility index (Phi) is 10.8. The smallest absolute Gasteiger partial charge is 0.322 e. The third-order valence-corrected chi connectivity index (χ3v) is 7.27. The van der Waals surface area contributed by atoms with Gasteiger partial charge >= 0.3 is 5.97 Å². The molecule has 0 saturated heterocycles. The van der Waals surface area contributed by atoms with Crippen molar-refractivity contribution >= 4 is 40.3 Å². The van der Waals surface area contributed by atoms with Gasteiger partial charge in [-0.15, -0.1) is 0 Å². The summed E-state index contributed by atoms with van der Waals surface area (Å²) in [6.45, 7) is 3.00. The lowest BCUT2D eigenvalue weighted by molar-refractivity contribution is -0.135. The first-order chi connectivity index (χ1) is 22.0. The number of carboxylic acid groups (broad SMARTS) is 1. The van der Waals surface area contributed by atoms with Gasteiger partial charge in [0.2, 0.25) is 0 Å². The van der Waals surface area contributed by atoms with E-state index < -0.39 is 47.6 Å². The van der Waals surface area contributed by atoms with Gasteiger partial charge in [0, 0.05) is 33.3 Å². The van der Waals surface area contributed by atoms with Crippen molar-refractivity contribution in [1.82, 2.24) is 15.6 Å². The molecular weight excluding hydrogens is 614 g/mol. The number of hydrogen-bond acceptors (Lipinski definition) is 5. The topological polar surface area (TPSA) is 132 Å². The number of aromatic nitrogens is 1. The Labute approximate surface area is 268 Å². The van der Waals surface area contributed by atoms with Crippen LogP contribution in [0.1, 0.15) is 50.4 Å². The Hall–Kier alpha value is -5.66. The van der Waals surface area contributed by atoms with Gasteiger partial charge in [-0.05, 0) is 55.3 Å². The Bertz CT molecular complexity index is 1960. The minimum Gasteiger partial charge on any atom is -0.480 e. The molecule has 0 unspecified atom stereocenters. The summed E-state index contributed by atoms with van der Waals surface area (Å²) >= 11 is 6.30. The fourth-order valence-electron chi connectivity index (χ4n) is 4.61. The van der Waals surface area contributed by atoms with Gasteiger partial charge in [-0.1, -0.05) is 66.2 Å². The number of pyridine rings is 1. The van der Waals surface area contributed by atoms with Crippen LogP contribution in [0.5, 0.6) is 0 Å². The van der Waals surface area contributed by atoms with E-state index in [-0.39, 0.29) is 5.56 Å². The first-order valence-electron chi connectivity index (χ1n) is 13.9. The van der Waals surface area contributed by atoms with E-state index in [2.05, 4.69) is 35.4 Å². The van der Waals surface area contributed by atoms with Crippen molar-refractivity contribution in [2.24, 2.45) is 0 Å². The van der Waals surface area contributed by atoms with Crippen LogP contribution in [-0.4, -0.2) is 34.4 Å². The molecule has 46 heavy (non-hydrogen) atoms. The van der Waals surface area contributed by atoms with Crippen LogP contribution < -0.4 is 10.6 Å². The molecule has 5 aromatic rings. The van der Waals surface area contributed by atoms with E-state index in [1.807, 2.05) is 29.6 Å². The molecule has 232 valence electrons. The minimum atomic E-state index is -1.36. The van der Waals surface area contributed by atoms with Crippen LogP contribution in [0, 0.1) is 29.9 Å². The fraction of sp³-hybridized carbons (Fsp3) is 0.114. The molecule has 8 nitrogen and oxygen atoms in total. The highest BCUT2D eigenvalue weighted by Crippen LogP contribution is 2.34. The largest absolute Gasteiger partial charge is 0.480 e. The fourth-order valence-corrected chi connectivity index (χ4v) is 4.89. The second kappa shape index (κ2) is 14.9. The molecule has 1 heterocycles. The molecule has 0 aliphatic carbocycles. The molecule has 0 radical (unpaired) electrons. The van der Waals surface area contributed by atoms with Crippen LogP contribution in [0.25, 0.3) is 22.0 Å². The summed E-state index contributed by atoms with van der Waals surface area (Å²) in [5.41, 5.74) is 4.13. The van der Waals surface area contributed by atoms with Crippen molar-refractivity contribution < 1.29 is 28.3 Å². The number of carbonyl (C=O) groups is 3. The third kappa shape index (κ3) is 7.88. The highest BCUT2D eigenvalue weighted by Gasteiger charge is 2.22. The van der Waals surface area contributed by atoms with Gasteiger partial charge in [-0.3, -0.25) is 19.4 Å². The summed E-state index contributed by atoms with van der Waals surface area (Å²) < 4.78 is 28.2. The van der Waals surface area contributed by atoms with Gasteiger partial charge in [-0.25, -0.2) is 8.78 Å². The van der Waals surface area contributed by atoms with E-state index in [9.17, 15) is 23.2 Å². The predicted octanol–water partition coefficient (Wildman–Crippen LogP) is 7.01. The lowest BCUT2D eigenvalue weighted by atomic mass is 9.98. The zero-order chi connectivity index (χ0) is 33.4. The molecule has 1 atom stereocenters. The van der Waals surface area contributed by atoms with E-state index >= 15 is 0 Å². The average Bonchev–Trinajstić information content (AvgIpc) is 3.04. The molecule has 0 aliphatic heterocycles. The van der Waals surface area contributed by atoms with Crippen molar-refractivity contribution in [1.29, 1.82) is 5.26 Å². The Balaban J connectivity index is 0.000000215. The van der Waals surface area contributed by atoms with Gasteiger partial charge < -0.3 is 15.7 Å². The van der Waals surface area contributed by atoms with Gasteiger partial charge in [0.15, 0.2) is 0 Å². The number of rotatable bonds is 7. The van der Waals surface area contributed by atoms with Gasteiger partial charge in [0.05, 0.1) is 23.2 Å². The molecule has 2 amide bonds. The van der Waals surface area contributed by atoms with Crippen LogP contribution in [-0.2, 0) is 4.79 Å². The average molecular weight is 641 g/mol. The maximum Gasteiger partial charge on any atom is 0.322 e. The number of fused-ring (bicyclic) bond motifs is 1. The molecule has 4 aromatic carbocycles. The molecule has 5 rings (SSSR count).